The number of nitrogen functional groups attached to an aromatic ring is 1. The Morgan fingerprint density at radius 1 is 1.11 bits per heavy atom. The number of hydrogen-bond donors (Lipinski definition) is 4. The molecule has 2 amide bonds. The highest BCUT2D eigenvalue weighted by atomic mass is 16.5. The number of nitrogens with zero attached hydrogens (tertiary/aromatic N) is 4. The van der Waals surface area contributed by atoms with Crippen molar-refractivity contribution in [2.24, 2.45) is 0 Å². The van der Waals surface area contributed by atoms with E-state index in [2.05, 4.69) is 31.0 Å². The molecule has 5 N–H and O–H groups in total. The fourth-order valence-electron chi connectivity index (χ4n) is 4.25. The zero-order chi connectivity index (χ0) is 25.2. The predicted molar refractivity (Wildman–Crippen MR) is 132 cm³/mol. The van der Waals surface area contributed by atoms with Gasteiger partial charge in [-0.2, -0.15) is 5.10 Å². The van der Waals surface area contributed by atoms with Gasteiger partial charge in [0.2, 0.25) is 11.8 Å². The van der Waals surface area contributed by atoms with Gasteiger partial charge in [0, 0.05) is 29.9 Å². The molecular formula is C24H32N8O3. The topological polar surface area (TPSA) is 149 Å². The summed E-state index contributed by atoms with van der Waals surface area (Å²) in [5.74, 6) is 0.409. The van der Waals surface area contributed by atoms with Crippen molar-refractivity contribution < 1.29 is 14.3 Å². The molecule has 11 nitrogen and oxygen atoms in total. The molecule has 35 heavy (non-hydrogen) atoms. The lowest BCUT2D eigenvalue weighted by atomic mass is 9.90. The monoisotopic (exact) mass is 480 g/mol. The molecule has 3 aromatic rings. The molecule has 0 bridgehead atoms. The molecular weight excluding hydrogens is 448 g/mol. The summed E-state index contributed by atoms with van der Waals surface area (Å²) in [6.07, 6.45) is 6.11. The average molecular weight is 481 g/mol. The molecule has 0 spiro atoms. The number of hydrogen-bond acceptors (Lipinski definition) is 8. The van der Waals surface area contributed by atoms with Crippen molar-refractivity contribution >= 4 is 23.1 Å². The van der Waals surface area contributed by atoms with Crippen LogP contribution in [0.4, 0.5) is 5.82 Å². The Kier molecular flexibility index (Phi) is 6.88. The molecule has 186 valence electrons. The Balaban J connectivity index is 1.50. The number of nitrogens with two attached hydrogens (primary N) is 1. The fourth-order valence-corrected chi connectivity index (χ4v) is 4.25. The Labute approximate surface area is 203 Å². The summed E-state index contributed by atoms with van der Waals surface area (Å²) in [5, 5.41) is 13.6. The van der Waals surface area contributed by atoms with Crippen molar-refractivity contribution in [2.75, 3.05) is 19.9 Å². The molecule has 0 radical (unpaired) electrons. The SMILES string of the molecule is CNC(C)(C)C(=O)N[C@H]1CC[C@H](NC(=O)c2cc(-c3ccnc(OC)c3)n3ncnc(N)c23)CC1. The minimum absolute atomic E-state index is 0.00163. The minimum Gasteiger partial charge on any atom is -0.481 e. The summed E-state index contributed by atoms with van der Waals surface area (Å²) >= 11 is 0. The highest BCUT2D eigenvalue weighted by molar-refractivity contribution is 6.05. The molecule has 0 aliphatic heterocycles. The van der Waals surface area contributed by atoms with Gasteiger partial charge in [0.15, 0.2) is 5.82 Å². The largest absolute Gasteiger partial charge is 0.481 e. The van der Waals surface area contributed by atoms with E-state index in [1.807, 2.05) is 19.9 Å². The van der Waals surface area contributed by atoms with Gasteiger partial charge in [-0.05, 0) is 58.7 Å². The minimum atomic E-state index is -0.625. The van der Waals surface area contributed by atoms with Gasteiger partial charge in [0.1, 0.15) is 11.8 Å². The summed E-state index contributed by atoms with van der Waals surface area (Å²) in [6.45, 7) is 3.70. The van der Waals surface area contributed by atoms with Crippen LogP contribution in [0.15, 0.2) is 30.7 Å². The van der Waals surface area contributed by atoms with E-state index < -0.39 is 5.54 Å². The maximum absolute atomic E-state index is 13.3. The number of methoxy groups -OCH3 is 1. The van der Waals surface area contributed by atoms with Gasteiger partial charge >= 0.3 is 0 Å². The molecule has 11 heteroatoms. The van der Waals surface area contributed by atoms with Gasteiger partial charge in [-0.25, -0.2) is 14.5 Å². The lowest BCUT2D eigenvalue weighted by Gasteiger charge is -2.32. The van der Waals surface area contributed by atoms with Crippen molar-refractivity contribution in [3.63, 3.8) is 0 Å². The van der Waals surface area contributed by atoms with Crippen molar-refractivity contribution in [3.05, 3.63) is 36.3 Å². The lowest BCUT2D eigenvalue weighted by Crippen LogP contribution is -2.54. The third-order valence-electron chi connectivity index (χ3n) is 6.66. The van der Waals surface area contributed by atoms with Gasteiger partial charge in [-0.15, -0.1) is 0 Å². The van der Waals surface area contributed by atoms with Gasteiger partial charge in [-0.3, -0.25) is 9.59 Å². The number of carbonyl (C=O) groups excluding carboxylic acids is 2. The zero-order valence-corrected chi connectivity index (χ0v) is 20.5. The van der Waals surface area contributed by atoms with Crippen LogP contribution in [0.5, 0.6) is 5.88 Å². The van der Waals surface area contributed by atoms with E-state index in [9.17, 15) is 9.59 Å². The summed E-state index contributed by atoms with van der Waals surface area (Å²) in [5.41, 5.74) is 7.84. The number of carbonyl (C=O) groups is 2. The number of amides is 2. The molecule has 1 aliphatic rings. The van der Waals surface area contributed by atoms with Crippen LogP contribution in [0, 0.1) is 0 Å². The second-order valence-electron chi connectivity index (χ2n) is 9.31. The summed E-state index contributed by atoms with van der Waals surface area (Å²) < 4.78 is 6.85. The summed E-state index contributed by atoms with van der Waals surface area (Å²) in [6, 6.07) is 5.44. The molecule has 4 rings (SSSR count). The Morgan fingerprint density at radius 3 is 2.46 bits per heavy atom. The van der Waals surface area contributed by atoms with Gasteiger partial charge in [0.25, 0.3) is 5.91 Å². The van der Waals surface area contributed by atoms with E-state index in [4.69, 9.17) is 10.5 Å². The maximum Gasteiger partial charge on any atom is 0.253 e. The van der Waals surface area contributed by atoms with Gasteiger partial charge in [-0.1, -0.05) is 0 Å². The molecule has 3 heterocycles. The normalized spacial score (nSPS) is 18.3. The number of rotatable bonds is 7. The zero-order valence-electron chi connectivity index (χ0n) is 20.5. The first-order chi connectivity index (χ1) is 16.7. The standard InChI is InChI=1S/C24H32N8O3/c1-24(2,26-3)23(34)31-16-7-5-15(6-8-16)30-22(33)17-12-18(14-9-10-27-19(11-14)35-4)32-20(17)21(25)28-13-29-32/h9-13,15-16,26H,5-8H2,1-4H3,(H,30,33)(H,31,34)(H2,25,28,29)/t15-,16-. The van der Waals surface area contributed by atoms with E-state index >= 15 is 0 Å². The average Bonchev–Trinajstić information content (AvgIpc) is 3.26. The van der Waals surface area contributed by atoms with E-state index in [0.717, 1.165) is 31.2 Å². The number of pyridine rings is 1. The highest BCUT2D eigenvalue weighted by Gasteiger charge is 2.30. The Morgan fingerprint density at radius 2 is 1.80 bits per heavy atom. The van der Waals surface area contributed by atoms with E-state index in [0.29, 0.717) is 22.7 Å². The molecule has 0 unspecified atom stereocenters. The van der Waals surface area contributed by atoms with Crippen LogP contribution in [0.2, 0.25) is 0 Å². The van der Waals surface area contributed by atoms with Gasteiger partial charge in [0.05, 0.1) is 23.9 Å². The van der Waals surface area contributed by atoms with Crippen molar-refractivity contribution in [3.8, 4) is 17.1 Å². The number of likely N-dealkylation sites (N-methyl/N-ethyl adjacent to an activating group) is 1. The van der Waals surface area contributed by atoms with Crippen LogP contribution in [0.3, 0.4) is 0 Å². The maximum atomic E-state index is 13.3. The van der Waals surface area contributed by atoms with Crippen LogP contribution in [0.1, 0.15) is 49.9 Å². The molecule has 1 fully saturated rings. The molecule has 3 aromatic heterocycles. The van der Waals surface area contributed by atoms with Crippen LogP contribution < -0.4 is 26.4 Å². The highest BCUT2D eigenvalue weighted by Crippen LogP contribution is 2.29. The first-order valence-electron chi connectivity index (χ1n) is 11.7. The lowest BCUT2D eigenvalue weighted by molar-refractivity contribution is -0.127. The van der Waals surface area contributed by atoms with Crippen molar-refractivity contribution in [1.82, 2.24) is 35.5 Å². The Hall–Kier alpha value is -3.73. The van der Waals surface area contributed by atoms with E-state index in [-0.39, 0.29) is 29.7 Å². The van der Waals surface area contributed by atoms with E-state index in [1.54, 1.807) is 37.0 Å². The van der Waals surface area contributed by atoms with Gasteiger partial charge < -0.3 is 26.4 Å². The number of aromatic nitrogens is 4. The molecule has 1 aliphatic carbocycles. The van der Waals surface area contributed by atoms with Crippen LogP contribution in [0.25, 0.3) is 16.8 Å². The molecule has 0 aromatic carbocycles. The third kappa shape index (κ3) is 5.04. The van der Waals surface area contributed by atoms with Crippen LogP contribution >= 0.6 is 0 Å². The summed E-state index contributed by atoms with van der Waals surface area (Å²) in [4.78, 5) is 34.0. The molecule has 0 saturated heterocycles. The van der Waals surface area contributed by atoms with Crippen molar-refractivity contribution in [1.29, 1.82) is 0 Å². The molecule has 0 atom stereocenters. The quantitative estimate of drug-likeness (QED) is 0.398. The van der Waals surface area contributed by atoms with Crippen LogP contribution in [-0.4, -0.2) is 63.2 Å². The van der Waals surface area contributed by atoms with E-state index in [1.165, 1.54) is 6.33 Å². The third-order valence-corrected chi connectivity index (χ3v) is 6.66. The second kappa shape index (κ2) is 9.87. The summed E-state index contributed by atoms with van der Waals surface area (Å²) in [7, 11) is 3.31. The van der Waals surface area contributed by atoms with Crippen LogP contribution in [-0.2, 0) is 4.79 Å². The Bertz CT molecular complexity index is 1230. The number of fused-ring (bicyclic) bond motifs is 1. The first-order valence-corrected chi connectivity index (χ1v) is 11.7. The number of ether oxygens (including phenoxy) is 1. The van der Waals surface area contributed by atoms with Crippen molar-refractivity contribution in [2.45, 2.75) is 57.2 Å². The number of anilines is 1. The smallest absolute Gasteiger partial charge is 0.253 e. The first kappa shape index (κ1) is 24.4. The fraction of sp³-hybridized carbons (Fsp3) is 0.458. The number of nitrogens with one attached hydrogen (secondary N) is 3. The molecule has 1 saturated carbocycles. The second-order valence-corrected chi connectivity index (χ2v) is 9.31. The predicted octanol–water partition coefficient (Wildman–Crippen LogP) is 1.54.